The predicted molar refractivity (Wildman–Crippen MR) is 57.7 cm³/mol. The first kappa shape index (κ1) is 11.0. The summed E-state index contributed by atoms with van der Waals surface area (Å²) in [6.07, 6.45) is 2.95. The van der Waals surface area contributed by atoms with Crippen molar-refractivity contribution in [3.8, 4) is 0 Å². The molecule has 2 N–H and O–H groups in total. The van der Waals surface area contributed by atoms with Crippen molar-refractivity contribution in [2.45, 2.75) is 40.7 Å². The topological polar surface area (TPSA) is 56.7 Å². The van der Waals surface area contributed by atoms with Gasteiger partial charge in [0.1, 0.15) is 0 Å². The Morgan fingerprint density at radius 3 is 2.57 bits per heavy atom. The number of hydrogen-bond acceptors (Lipinski definition) is 3. The highest BCUT2D eigenvalue weighted by atomic mass is 15.4. The smallest absolute Gasteiger partial charge is 0.165 e. The number of anilines is 1. The molecular formula is C10H20N4. The molecule has 0 aliphatic heterocycles. The zero-order valence-electron chi connectivity index (χ0n) is 9.49. The van der Waals surface area contributed by atoms with E-state index in [0.29, 0.717) is 17.2 Å². The van der Waals surface area contributed by atoms with Gasteiger partial charge in [-0.3, -0.25) is 4.68 Å². The van der Waals surface area contributed by atoms with Gasteiger partial charge < -0.3 is 5.73 Å². The third-order valence-corrected chi connectivity index (χ3v) is 2.02. The van der Waals surface area contributed by atoms with Crippen molar-refractivity contribution in [3.63, 3.8) is 0 Å². The van der Waals surface area contributed by atoms with Gasteiger partial charge in [0, 0.05) is 6.54 Å². The van der Waals surface area contributed by atoms with Gasteiger partial charge in [0.05, 0.1) is 6.20 Å². The van der Waals surface area contributed by atoms with Gasteiger partial charge in [-0.05, 0) is 17.8 Å². The van der Waals surface area contributed by atoms with E-state index in [-0.39, 0.29) is 0 Å². The Morgan fingerprint density at radius 1 is 1.50 bits per heavy atom. The van der Waals surface area contributed by atoms with E-state index in [1.807, 2.05) is 4.68 Å². The van der Waals surface area contributed by atoms with E-state index < -0.39 is 0 Å². The van der Waals surface area contributed by atoms with Crippen molar-refractivity contribution in [3.05, 3.63) is 6.20 Å². The van der Waals surface area contributed by atoms with E-state index in [1.165, 1.54) is 6.42 Å². The maximum atomic E-state index is 5.49. The number of aromatic nitrogens is 3. The number of rotatable bonds is 3. The second-order valence-electron chi connectivity index (χ2n) is 5.24. The fraction of sp³-hybridized carbons (Fsp3) is 0.800. The lowest BCUT2D eigenvalue weighted by Crippen LogP contribution is -2.16. The Balaban J connectivity index is 2.45. The standard InChI is InChI=1S/C10H20N4/c1-8(5-10(2,3)4)6-14-7-9(11)12-13-14/h7-8H,5-6,11H2,1-4H3. The van der Waals surface area contributed by atoms with Gasteiger partial charge in [-0.2, -0.15) is 0 Å². The van der Waals surface area contributed by atoms with Crippen LogP contribution in [0.5, 0.6) is 0 Å². The van der Waals surface area contributed by atoms with Gasteiger partial charge in [0.25, 0.3) is 0 Å². The first-order chi connectivity index (χ1) is 6.37. The van der Waals surface area contributed by atoms with Crippen molar-refractivity contribution in [1.29, 1.82) is 0 Å². The quantitative estimate of drug-likeness (QED) is 0.803. The fourth-order valence-electron chi connectivity index (χ4n) is 1.83. The molecule has 0 saturated heterocycles. The van der Waals surface area contributed by atoms with Crippen LogP contribution in [0.2, 0.25) is 0 Å². The molecule has 4 heteroatoms. The summed E-state index contributed by atoms with van der Waals surface area (Å²) < 4.78 is 1.81. The molecule has 1 aromatic rings. The second kappa shape index (κ2) is 3.98. The normalized spacial score (nSPS) is 14.3. The molecule has 1 unspecified atom stereocenters. The van der Waals surface area contributed by atoms with E-state index in [9.17, 15) is 0 Å². The van der Waals surface area contributed by atoms with E-state index in [4.69, 9.17) is 5.73 Å². The Morgan fingerprint density at radius 2 is 2.14 bits per heavy atom. The van der Waals surface area contributed by atoms with Crippen LogP contribution >= 0.6 is 0 Å². The molecule has 1 heterocycles. The molecule has 0 bridgehead atoms. The summed E-state index contributed by atoms with van der Waals surface area (Å²) in [5.74, 6) is 1.09. The van der Waals surface area contributed by atoms with Crippen molar-refractivity contribution in [1.82, 2.24) is 15.0 Å². The average molecular weight is 196 g/mol. The highest BCUT2D eigenvalue weighted by molar-refractivity contribution is 5.19. The monoisotopic (exact) mass is 196 g/mol. The molecule has 0 aliphatic carbocycles. The lowest BCUT2D eigenvalue weighted by molar-refractivity contribution is 0.278. The maximum Gasteiger partial charge on any atom is 0.165 e. The van der Waals surface area contributed by atoms with Crippen LogP contribution < -0.4 is 5.73 Å². The van der Waals surface area contributed by atoms with Gasteiger partial charge in [0.2, 0.25) is 0 Å². The molecule has 80 valence electrons. The zero-order valence-corrected chi connectivity index (χ0v) is 9.49. The third-order valence-electron chi connectivity index (χ3n) is 2.02. The van der Waals surface area contributed by atoms with E-state index >= 15 is 0 Å². The van der Waals surface area contributed by atoms with Crippen molar-refractivity contribution < 1.29 is 0 Å². The summed E-state index contributed by atoms with van der Waals surface area (Å²) in [6, 6.07) is 0. The zero-order chi connectivity index (χ0) is 10.8. The second-order valence-corrected chi connectivity index (χ2v) is 5.24. The molecule has 0 saturated carbocycles. The van der Waals surface area contributed by atoms with Gasteiger partial charge >= 0.3 is 0 Å². The number of nitrogen functional groups attached to an aromatic ring is 1. The Kier molecular flexibility index (Phi) is 3.13. The molecule has 1 atom stereocenters. The first-order valence-corrected chi connectivity index (χ1v) is 5.02. The molecule has 1 aromatic heterocycles. The number of nitrogens with zero attached hydrogens (tertiary/aromatic N) is 3. The average Bonchev–Trinajstić information content (AvgIpc) is 2.30. The van der Waals surface area contributed by atoms with E-state index in [1.54, 1.807) is 6.20 Å². The van der Waals surface area contributed by atoms with Gasteiger partial charge in [-0.25, -0.2) is 0 Å². The molecule has 0 radical (unpaired) electrons. The summed E-state index contributed by atoms with van der Waals surface area (Å²) >= 11 is 0. The van der Waals surface area contributed by atoms with Gasteiger partial charge in [-0.1, -0.05) is 32.9 Å². The molecule has 0 fully saturated rings. The highest BCUT2D eigenvalue weighted by Crippen LogP contribution is 2.24. The minimum Gasteiger partial charge on any atom is -0.381 e. The lowest BCUT2D eigenvalue weighted by atomic mass is 9.85. The summed E-state index contributed by atoms with van der Waals surface area (Å²) in [5.41, 5.74) is 5.85. The Labute approximate surface area is 85.5 Å². The number of nitrogens with two attached hydrogens (primary N) is 1. The van der Waals surface area contributed by atoms with Crippen LogP contribution in [0.4, 0.5) is 5.82 Å². The molecule has 0 spiro atoms. The predicted octanol–water partition coefficient (Wildman–Crippen LogP) is 1.93. The minimum atomic E-state index is 0.367. The van der Waals surface area contributed by atoms with Crippen molar-refractivity contribution >= 4 is 5.82 Å². The fourth-order valence-corrected chi connectivity index (χ4v) is 1.83. The summed E-state index contributed by atoms with van der Waals surface area (Å²) in [6.45, 7) is 9.86. The van der Waals surface area contributed by atoms with Crippen molar-refractivity contribution in [2.75, 3.05) is 5.73 Å². The van der Waals surface area contributed by atoms with Crippen LogP contribution in [0, 0.1) is 11.3 Å². The van der Waals surface area contributed by atoms with Crippen LogP contribution in [0.15, 0.2) is 6.20 Å². The Hall–Kier alpha value is -1.06. The Bertz CT molecular complexity index is 285. The molecule has 1 rings (SSSR count). The summed E-state index contributed by atoms with van der Waals surface area (Å²) in [5, 5.41) is 7.68. The molecule has 0 aromatic carbocycles. The van der Waals surface area contributed by atoms with Crippen LogP contribution in [-0.4, -0.2) is 15.0 Å². The van der Waals surface area contributed by atoms with E-state index in [2.05, 4.69) is 38.0 Å². The molecule has 0 aliphatic rings. The van der Waals surface area contributed by atoms with Gasteiger partial charge in [-0.15, -0.1) is 5.10 Å². The van der Waals surface area contributed by atoms with E-state index in [0.717, 1.165) is 6.54 Å². The largest absolute Gasteiger partial charge is 0.381 e. The highest BCUT2D eigenvalue weighted by Gasteiger charge is 2.15. The maximum absolute atomic E-state index is 5.49. The SMILES string of the molecule is CC(Cn1cc(N)nn1)CC(C)(C)C. The summed E-state index contributed by atoms with van der Waals surface area (Å²) in [7, 11) is 0. The van der Waals surface area contributed by atoms with Crippen molar-refractivity contribution in [2.24, 2.45) is 11.3 Å². The van der Waals surface area contributed by atoms with Crippen LogP contribution in [0.25, 0.3) is 0 Å². The lowest BCUT2D eigenvalue weighted by Gasteiger charge is -2.22. The minimum absolute atomic E-state index is 0.367. The van der Waals surface area contributed by atoms with Crippen LogP contribution in [0.1, 0.15) is 34.1 Å². The molecule has 14 heavy (non-hydrogen) atoms. The third kappa shape index (κ3) is 3.77. The molecule has 0 amide bonds. The molecular weight excluding hydrogens is 176 g/mol. The van der Waals surface area contributed by atoms with Crippen LogP contribution in [0.3, 0.4) is 0 Å². The van der Waals surface area contributed by atoms with Gasteiger partial charge in [0.15, 0.2) is 5.82 Å². The first-order valence-electron chi connectivity index (χ1n) is 5.02. The summed E-state index contributed by atoms with van der Waals surface area (Å²) in [4.78, 5) is 0. The molecule has 4 nitrogen and oxygen atoms in total. The number of hydrogen-bond donors (Lipinski definition) is 1. The van der Waals surface area contributed by atoms with Crippen LogP contribution in [-0.2, 0) is 6.54 Å².